The average molecular weight is 619 g/mol. The fraction of sp³-hybridized carbons (Fsp3) is 0.645. The van der Waals surface area contributed by atoms with Crippen LogP contribution in [0.25, 0.3) is 0 Å². The number of ketones is 1. The molecule has 240 valence electrons. The van der Waals surface area contributed by atoms with Crippen molar-refractivity contribution in [2.24, 2.45) is 49.8 Å². The number of Topliss-reactive ketones (excluding diaryl/α,β-unsaturated/α-hetero) is 1. The Morgan fingerprint density at radius 2 is 1.84 bits per heavy atom. The number of alkyl halides is 3. The predicted octanol–water partition coefficient (Wildman–Crippen LogP) is 5.59. The van der Waals surface area contributed by atoms with E-state index in [1.165, 1.54) is 38.5 Å². The van der Waals surface area contributed by atoms with E-state index >= 15 is 0 Å². The third kappa shape index (κ3) is 9.95. The Morgan fingerprint density at radius 1 is 1.09 bits per heavy atom. The third-order valence-corrected chi connectivity index (χ3v) is 9.16. The molecule has 1 unspecified atom stereocenters. The van der Waals surface area contributed by atoms with Crippen LogP contribution in [-0.2, 0) is 20.8 Å². The number of carboxylic acids is 1. The van der Waals surface area contributed by atoms with E-state index in [0.29, 0.717) is 50.0 Å². The highest BCUT2D eigenvalue weighted by Crippen LogP contribution is 2.49. The Morgan fingerprint density at radius 3 is 2.45 bits per heavy atom. The normalized spacial score (nSPS) is 23.9. The zero-order valence-electron chi connectivity index (χ0n) is 24.8. The molecule has 1 aromatic rings. The molecular formula is C31H41F3N6O4. The molecule has 3 fully saturated rings. The number of carboxylic acid groups (broad SMARTS) is 1. The number of aryl methyl sites for hydroxylation is 1. The minimum atomic E-state index is -5.08. The summed E-state index contributed by atoms with van der Waals surface area (Å²) in [7, 11) is 0. The van der Waals surface area contributed by atoms with E-state index in [9.17, 15) is 22.8 Å². The van der Waals surface area contributed by atoms with E-state index in [0.717, 1.165) is 42.0 Å². The van der Waals surface area contributed by atoms with Gasteiger partial charge in [-0.2, -0.15) is 18.3 Å². The van der Waals surface area contributed by atoms with Crippen molar-refractivity contribution in [1.29, 1.82) is 0 Å². The first-order valence-electron chi connectivity index (χ1n) is 15.5. The summed E-state index contributed by atoms with van der Waals surface area (Å²) < 4.78 is 31.7. The van der Waals surface area contributed by atoms with Crippen LogP contribution in [0, 0.1) is 23.7 Å². The van der Waals surface area contributed by atoms with Crippen LogP contribution in [0.1, 0.15) is 88.2 Å². The summed E-state index contributed by atoms with van der Waals surface area (Å²) in [5.74, 6) is -0.179. The summed E-state index contributed by atoms with van der Waals surface area (Å²) in [6, 6.07) is 7.57. The predicted molar refractivity (Wildman–Crippen MR) is 158 cm³/mol. The minimum Gasteiger partial charge on any atom is -0.475 e. The number of halogens is 3. The number of aliphatic imine (C=N–C) groups is 1. The number of aliphatic carboxylic acids is 1. The number of nitrogens with one attached hydrogen (secondary N) is 1. The molecule has 3 aliphatic carbocycles. The molecule has 44 heavy (non-hydrogen) atoms. The van der Waals surface area contributed by atoms with Crippen LogP contribution >= 0.6 is 0 Å². The van der Waals surface area contributed by atoms with Gasteiger partial charge >= 0.3 is 12.1 Å². The van der Waals surface area contributed by atoms with Gasteiger partial charge in [0.25, 0.3) is 0 Å². The zero-order chi connectivity index (χ0) is 31.7. The fourth-order valence-electron chi connectivity index (χ4n) is 6.96. The maximum atomic E-state index is 13.4. The van der Waals surface area contributed by atoms with E-state index in [2.05, 4.69) is 31.8 Å². The molecule has 1 aliphatic heterocycles. The van der Waals surface area contributed by atoms with Crippen molar-refractivity contribution in [2.45, 2.75) is 95.7 Å². The van der Waals surface area contributed by atoms with Crippen LogP contribution in [0.4, 0.5) is 13.2 Å². The summed E-state index contributed by atoms with van der Waals surface area (Å²) in [6.45, 7) is 0.494. The number of carbonyl (C=O) groups excluding carboxylic acids is 2. The van der Waals surface area contributed by atoms with Gasteiger partial charge in [-0.25, -0.2) is 9.79 Å². The SMILES string of the molecule is NC(=N[C@H](CC1CCCCC1)C(=O)CCc1cccc(C2=NN=NC2)c1)NC(=O)CC1C[C@@H]2CC[C@H]1C2.O=C(O)C(F)(F)F. The molecule has 0 aromatic heterocycles. The van der Waals surface area contributed by atoms with Crippen LogP contribution < -0.4 is 11.1 Å². The lowest BCUT2D eigenvalue weighted by Crippen LogP contribution is -2.40. The van der Waals surface area contributed by atoms with Crippen molar-refractivity contribution in [3.05, 3.63) is 35.4 Å². The number of nitrogens with zero attached hydrogens (tertiary/aromatic N) is 4. The first-order valence-corrected chi connectivity index (χ1v) is 15.5. The Balaban J connectivity index is 0.000000566. The highest BCUT2D eigenvalue weighted by Gasteiger charge is 2.40. The van der Waals surface area contributed by atoms with Crippen molar-refractivity contribution in [2.75, 3.05) is 6.54 Å². The van der Waals surface area contributed by atoms with Crippen LogP contribution in [0.5, 0.6) is 0 Å². The lowest BCUT2D eigenvalue weighted by atomic mass is 9.83. The molecule has 4 atom stereocenters. The summed E-state index contributed by atoms with van der Waals surface area (Å²) in [4.78, 5) is 39.6. The van der Waals surface area contributed by atoms with Crippen molar-refractivity contribution >= 4 is 29.3 Å². The summed E-state index contributed by atoms with van der Waals surface area (Å²) in [5, 5.41) is 21.6. The zero-order valence-corrected chi connectivity index (χ0v) is 24.8. The van der Waals surface area contributed by atoms with Gasteiger partial charge in [0.15, 0.2) is 11.7 Å². The van der Waals surface area contributed by atoms with Gasteiger partial charge in [-0.1, -0.05) is 56.7 Å². The van der Waals surface area contributed by atoms with E-state index in [1.54, 1.807) is 0 Å². The first-order chi connectivity index (χ1) is 21.0. The number of hydrogen-bond donors (Lipinski definition) is 3. The topological polar surface area (TPSA) is 159 Å². The summed E-state index contributed by atoms with van der Waals surface area (Å²) in [5.41, 5.74) is 9.12. The molecule has 0 radical (unpaired) electrons. The lowest BCUT2D eigenvalue weighted by molar-refractivity contribution is -0.192. The van der Waals surface area contributed by atoms with Crippen molar-refractivity contribution in [3.63, 3.8) is 0 Å². The molecule has 5 rings (SSSR count). The second kappa shape index (κ2) is 15.4. The van der Waals surface area contributed by atoms with Gasteiger partial charge < -0.3 is 10.8 Å². The summed E-state index contributed by atoms with van der Waals surface area (Å²) >= 11 is 0. The van der Waals surface area contributed by atoms with E-state index < -0.39 is 18.2 Å². The van der Waals surface area contributed by atoms with Gasteiger partial charge in [0, 0.05) is 18.4 Å². The second-order valence-electron chi connectivity index (χ2n) is 12.4. The molecule has 0 spiro atoms. The number of carbonyl (C=O) groups is 3. The molecule has 2 bridgehead atoms. The van der Waals surface area contributed by atoms with E-state index in [-0.39, 0.29) is 17.6 Å². The maximum Gasteiger partial charge on any atom is 0.490 e. The Bertz CT molecular complexity index is 1280. The van der Waals surface area contributed by atoms with Gasteiger partial charge in [0.2, 0.25) is 5.91 Å². The van der Waals surface area contributed by atoms with Crippen LogP contribution in [-0.4, -0.2) is 53.2 Å². The number of benzene rings is 1. The van der Waals surface area contributed by atoms with Gasteiger partial charge in [-0.15, -0.1) is 5.10 Å². The third-order valence-electron chi connectivity index (χ3n) is 9.16. The first kappa shape index (κ1) is 33.3. The van der Waals surface area contributed by atoms with Gasteiger partial charge in [0.05, 0.1) is 5.71 Å². The Labute approximate surface area is 254 Å². The molecule has 1 heterocycles. The quantitative estimate of drug-likeness (QED) is 0.230. The molecule has 4 N–H and O–H groups in total. The second-order valence-corrected chi connectivity index (χ2v) is 12.4. The van der Waals surface area contributed by atoms with Gasteiger partial charge in [-0.3, -0.25) is 14.9 Å². The highest BCUT2D eigenvalue weighted by molar-refractivity contribution is 6.02. The number of amides is 1. The van der Waals surface area contributed by atoms with E-state index in [4.69, 9.17) is 15.6 Å². The van der Waals surface area contributed by atoms with Crippen molar-refractivity contribution in [1.82, 2.24) is 5.32 Å². The van der Waals surface area contributed by atoms with Crippen LogP contribution in [0.3, 0.4) is 0 Å². The maximum absolute atomic E-state index is 13.4. The van der Waals surface area contributed by atoms with Crippen LogP contribution in [0.15, 0.2) is 44.7 Å². The van der Waals surface area contributed by atoms with Crippen molar-refractivity contribution < 1.29 is 32.7 Å². The smallest absolute Gasteiger partial charge is 0.475 e. The molecule has 3 saturated carbocycles. The number of guanidine groups is 1. The standard InChI is InChI=1S/C29H40N6O2.C2HF3O2/c30-29(33-28(37)17-24-15-21-9-11-22(24)14-21)32-25(16-19-5-2-1-3-6-19)27(36)12-10-20-7-4-8-23(13-20)26-18-31-35-34-26;3-2(4,5)1(6)7/h4,7-8,13,19,21-22,24-25H,1-3,5-6,9-12,14-18H2,(H3,30,32,33,37);(H,6,7)/t21-,22+,24?,25-;/m1./s1. The fourth-order valence-corrected chi connectivity index (χ4v) is 6.96. The monoisotopic (exact) mass is 618 g/mol. The highest BCUT2D eigenvalue weighted by atomic mass is 19.4. The molecule has 1 amide bonds. The number of rotatable bonds is 10. The molecule has 1 aromatic carbocycles. The van der Waals surface area contributed by atoms with E-state index in [1.807, 2.05) is 18.2 Å². The lowest BCUT2D eigenvalue weighted by Gasteiger charge is -2.24. The minimum absolute atomic E-state index is 0.0622. The number of hydrogen-bond acceptors (Lipinski definition) is 7. The summed E-state index contributed by atoms with van der Waals surface area (Å²) in [6.07, 6.45) is 8.13. The average Bonchev–Trinajstić information content (AvgIpc) is 3.76. The van der Waals surface area contributed by atoms with Gasteiger partial charge in [-0.05, 0) is 72.6 Å². The largest absolute Gasteiger partial charge is 0.490 e. The number of nitrogens with two attached hydrogens (primary N) is 1. The molecule has 10 nitrogen and oxygen atoms in total. The number of fused-ring (bicyclic) bond motifs is 2. The molecule has 4 aliphatic rings. The molecule has 0 saturated heterocycles. The molecule has 13 heteroatoms. The van der Waals surface area contributed by atoms with Gasteiger partial charge in [0.1, 0.15) is 12.6 Å². The molecular weight excluding hydrogens is 577 g/mol. The van der Waals surface area contributed by atoms with Crippen molar-refractivity contribution in [3.8, 4) is 0 Å². The Hall–Kier alpha value is -3.64. The Kier molecular flexibility index (Phi) is 11.6. The van der Waals surface area contributed by atoms with Crippen LogP contribution in [0.2, 0.25) is 0 Å².